The normalized spacial score (nSPS) is 18.3. The fraction of sp³-hybridized carbons (Fsp3) is 0.308. The van der Waals surface area contributed by atoms with Gasteiger partial charge in [0.15, 0.2) is 0 Å². The van der Waals surface area contributed by atoms with Gasteiger partial charge in [-0.05, 0) is 31.0 Å². The molecule has 2 aromatic rings. The molecule has 0 aliphatic carbocycles. The topological polar surface area (TPSA) is 92.1 Å². The lowest BCUT2D eigenvalue weighted by Gasteiger charge is -2.21. The van der Waals surface area contributed by atoms with Gasteiger partial charge < -0.3 is 5.73 Å². The number of sulfonamides is 1. The van der Waals surface area contributed by atoms with Gasteiger partial charge in [0.25, 0.3) is 0 Å². The molecule has 20 heavy (non-hydrogen) atoms. The number of nitrogen functional groups attached to an aromatic ring is 1. The Kier molecular flexibility index (Phi) is 2.75. The van der Waals surface area contributed by atoms with Gasteiger partial charge in [-0.1, -0.05) is 6.07 Å². The van der Waals surface area contributed by atoms with Crippen molar-refractivity contribution in [3.05, 3.63) is 29.8 Å². The summed E-state index contributed by atoms with van der Waals surface area (Å²) in [5.41, 5.74) is 9.17. The van der Waals surface area contributed by atoms with E-state index in [0.717, 1.165) is 22.5 Å². The Balaban J connectivity index is 2.06. The summed E-state index contributed by atoms with van der Waals surface area (Å²) in [4.78, 5) is 0. The molecule has 6 nitrogen and oxygen atoms in total. The second kappa shape index (κ2) is 4.24. The Morgan fingerprint density at radius 3 is 2.75 bits per heavy atom. The molecule has 0 spiro atoms. The van der Waals surface area contributed by atoms with Gasteiger partial charge in [0, 0.05) is 17.7 Å². The minimum absolute atomic E-state index is 0.0536. The number of H-pyrrole nitrogens is 1. The van der Waals surface area contributed by atoms with E-state index in [1.807, 2.05) is 25.1 Å². The number of nitrogens with two attached hydrogens (primary N) is 1. The van der Waals surface area contributed by atoms with Crippen LogP contribution < -0.4 is 10.0 Å². The molecule has 0 fully saturated rings. The molecule has 0 amide bonds. The highest BCUT2D eigenvalue weighted by molar-refractivity contribution is 7.92. The third-order valence-electron chi connectivity index (χ3n) is 3.50. The first kappa shape index (κ1) is 13.0. The monoisotopic (exact) mass is 292 g/mol. The van der Waals surface area contributed by atoms with Crippen molar-refractivity contribution in [3.63, 3.8) is 0 Å². The molecule has 7 heteroatoms. The summed E-state index contributed by atoms with van der Waals surface area (Å²) < 4.78 is 25.2. The summed E-state index contributed by atoms with van der Waals surface area (Å²) in [7, 11) is -3.25. The molecule has 2 heterocycles. The Morgan fingerprint density at radius 2 is 2.15 bits per heavy atom. The summed E-state index contributed by atoms with van der Waals surface area (Å²) >= 11 is 0. The van der Waals surface area contributed by atoms with E-state index >= 15 is 0 Å². The fourth-order valence-electron chi connectivity index (χ4n) is 2.76. The number of anilines is 2. The highest BCUT2D eigenvalue weighted by Crippen LogP contribution is 2.36. The number of rotatable bonds is 2. The molecule has 0 saturated heterocycles. The Labute approximate surface area is 117 Å². The SMILES string of the molecule is CC1Cc2cc(-c3cc(N)n[nH]3)ccc2N1S(C)(=O)=O. The Hall–Kier alpha value is -2.02. The van der Waals surface area contributed by atoms with Crippen molar-refractivity contribution in [3.8, 4) is 11.3 Å². The Morgan fingerprint density at radius 1 is 1.40 bits per heavy atom. The first-order valence-electron chi connectivity index (χ1n) is 6.30. The summed E-state index contributed by atoms with van der Waals surface area (Å²) in [6.45, 7) is 1.91. The standard InChI is InChI=1S/C13H16N4O2S/c1-8-5-10-6-9(11-7-13(14)16-15-11)3-4-12(10)17(8)20(2,18)19/h3-4,6-8H,5H2,1-2H3,(H3,14,15,16). The average molecular weight is 292 g/mol. The predicted molar refractivity (Wildman–Crippen MR) is 78.9 cm³/mol. The first-order chi connectivity index (χ1) is 9.36. The van der Waals surface area contributed by atoms with E-state index in [-0.39, 0.29) is 6.04 Å². The lowest BCUT2D eigenvalue weighted by Crippen LogP contribution is -2.34. The lowest BCUT2D eigenvalue weighted by atomic mass is 10.1. The maximum atomic E-state index is 11.9. The van der Waals surface area contributed by atoms with Crippen LogP contribution in [0.15, 0.2) is 24.3 Å². The van der Waals surface area contributed by atoms with Gasteiger partial charge in [0.1, 0.15) is 5.82 Å². The van der Waals surface area contributed by atoms with Crippen molar-refractivity contribution in [2.24, 2.45) is 0 Å². The second-order valence-corrected chi connectivity index (χ2v) is 7.02. The number of aromatic amines is 1. The third-order valence-corrected chi connectivity index (χ3v) is 4.77. The summed E-state index contributed by atoms with van der Waals surface area (Å²) in [5.74, 6) is 0.437. The Bertz CT molecular complexity index is 766. The van der Waals surface area contributed by atoms with E-state index in [9.17, 15) is 8.42 Å². The van der Waals surface area contributed by atoms with Crippen LogP contribution in [0.3, 0.4) is 0 Å². The van der Waals surface area contributed by atoms with Gasteiger partial charge >= 0.3 is 0 Å². The molecular weight excluding hydrogens is 276 g/mol. The number of fused-ring (bicyclic) bond motifs is 1. The first-order valence-corrected chi connectivity index (χ1v) is 8.14. The smallest absolute Gasteiger partial charge is 0.232 e. The van der Waals surface area contributed by atoms with Crippen LogP contribution >= 0.6 is 0 Å². The molecule has 1 aromatic carbocycles. The molecule has 1 unspecified atom stereocenters. The van der Waals surface area contributed by atoms with Crippen LogP contribution in [0.1, 0.15) is 12.5 Å². The average Bonchev–Trinajstić information content (AvgIpc) is 2.89. The van der Waals surface area contributed by atoms with Crippen LogP contribution in [0.4, 0.5) is 11.5 Å². The van der Waals surface area contributed by atoms with Crippen molar-refractivity contribution < 1.29 is 8.42 Å². The molecule has 0 saturated carbocycles. The number of benzene rings is 1. The van der Waals surface area contributed by atoms with Gasteiger partial charge in [0.05, 0.1) is 17.6 Å². The van der Waals surface area contributed by atoms with Gasteiger partial charge in [-0.3, -0.25) is 9.40 Å². The van der Waals surface area contributed by atoms with Crippen molar-refractivity contribution in [1.82, 2.24) is 10.2 Å². The number of aromatic nitrogens is 2. The van der Waals surface area contributed by atoms with E-state index in [2.05, 4.69) is 10.2 Å². The van der Waals surface area contributed by atoms with Crippen LogP contribution in [0.25, 0.3) is 11.3 Å². The van der Waals surface area contributed by atoms with Gasteiger partial charge in [-0.15, -0.1) is 0 Å². The highest BCUT2D eigenvalue weighted by Gasteiger charge is 2.32. The zero-order chi connectivity index (χ0) is 14.5. The number of hydrogen-bond donors (Lipinski definition) is 2. The second-order valence-electron chi connectivity index (χ2n) is 5.16. The van der Waals surface area contributed by atoms with Crippen molar-refractivity contribution >= 4 is 21.5 Å². The molecule has 0 bridgehead atoms. The number of nitrogens with one attached hydrogen (secondary N) is 1. The van der Waals surface area contributed by atoms with Crippen LogP contribution in [-0.2, 0) is 16.4 Å². The maximum absolute atomic E-state index is 11.9. The summed E-state index contributed by atoms with van der Waals surface area (Å²) in [6.07, 6.45) is 1.95. The van der Waals surface area contributed by atoms with Crippen LogP contribution in [0.2, 0.25) is 0 Å². The summed E-state index contributed by atoms with van der Waals surface area (Å²) in [6, 6.07) is 7.41. The highest BCUT2D eigenvalue weighted by atomic mass is 32.2. The zero-order valence-corrected chi connectivity index (χ0v) is 12.1. The van der Waals surface area contributed by atoms with Crippen LogP contribution in [-0.4, -0.2) is 30.9 Å². The molecule has 3 rings (SSSR count). The van der Waals surface area contributed by atoms with E-state index in [4.69, 9.17) is 5.73 Å². The third kappa shape index (κ3) is 2.03. The zero-order valence-electron chi connectivity index (χ0n) is 11.3. The molecular formula is C13H16N4O2S. The molecule has 3 N–H and O–H groups in total. The molecule has 1 aliphatic heterocycles. The van der Waals surface area contributed by atoms with Gasteiger partial charge in [-0.2, -0.15) is 5.10 Å². The van der Waals surface area contributed by atoms with Crippen LogP contribution in [0, 0.1) is 0 Å². The van der Waals surface area contributed by atoms with E-state index < -0.39 is 10.0 Å². The number of nitrogens with zero attached hydrogens (tertiary/aromatic N) is 2. The van der Waals surface area contributed by atoms with Crippen LogP contribution in [0.5, 0.6) is 0 Å². The number of hydrogen-bond acceptors (Lipinski definition) is 4. The summed E-state index contributed by atoms with van der Waals surface area (Å²) in [5, 5.41) is 6.76. The minimum atomic E-state index is -3.25. The van der Waals surface area contributed by atoms with E-state index in [1.54, 1.807) is 6.07 Å². The largest absolute Gasteiger partial charge is 0.382 e. The molecule has 0 radical (unpaired) electrons. The van der Waals surface area contributed by atoms with Crippen molar-refractivity contribution in [2.75, 3.05) is 16.3 Å². The van der Waals surface area contributed by atoms with E-state index in [0.29, 0.717) is 12.2 Å². The van der Waals surface area contributed by atoms with Crippen molar-refractivity contribution in [2.45, 2.75) is 19.4 Å². The van der Waals surface area contributed by atoms with Gasteiger partial charge in [0.2, 0.25) is 10.0 Å². The maximum Gasteiger partial charge on any atom is 0.232 e. The molecule has 106 valence electrons. The molecule has 1 aromatic heterocycles. The fourth-order valence-corrected chi connectivity index (χ4v) is 4.02. The molecule has 1 aliphatic rings. The minimum Gasteiger partial charge on any atom is -0.382 e. The van der Waals surface area contributed by atoms with Gasteiger partial charge in [-0.25, -0.2) is 8.42 Å². The lowest BCUT2D eigenvalue weighted by molar-refractivity contribution is 0.590. The van der Waals surface area contributed by atoms with E-state index in [1.165, 1.54) is 10.6 Å². The predicted octanol–water partition coefficient (Wildman–Crippen LogP) is 1.37. The quantitative estimate of drug-likeness (QED) is 0.874. The van der Waals surface area contributed by atoms with Crippen molar-refractivity contribution in [1.29, 1.82) is 0 Å². The molecule has 1 atom stereocenters.